The molecule has 1 saturated heterocycles. The third-order valence-electron chi connectivity index (χ3n) is 2.59. The number of aliphatic carboxylic acids is 1. The number of aliphatic hydroxyl groups is 1. The maximum atomic E-state index is 11.7. The molecule has 1 atom stereocenters. The van der Waals surface area contributed by atoms with Crippen LogP contribution in [0.1, 0.15) is 13.3 Å². The summed E-state index contributed by atoms with van der Waals surface area (Å²) in [4.78, 5) is 34.8. The van der Waals surface area contributed by atoms with Gasteiger partial charge >= 0.3 is 12.0 Å². The van der Waals surface area contributed by atoms with Crippen molar-refractivity contribution in [2.24, 2.45) is 0 Å². The van der Waals surface area contributed by atoms with Gasteiger partial charge in [0, 0.05) is 13.1 Å². The number of urea groups is 1. The third-order valence-corrected chi connectivity index (χ3v) is 2.59. The zero-order valence-electron chi connectivity index (χ0n) is 10.1. The number of hydrogen-bond acceptors (Lipinski definition) is 4. The highest BCUT2D eigenvalue weighted by atomic mass is 16.4. The zero-order valence-corrected chi connectivity index (χ0v) is 10.1. The lowest BCUT2D eigenvalue weighted by molar-refractivity contribution is -0.155. The fourth-order valence-electron chi connectivity index (χ4n) is 1.41. The Morgan fingerprint density at radius 3 is 2.83 bits per heavy atom. The van der Waals surface area contributed by atoms with Gasteiger partial charge in [0.2, 0.25) is 5.91 Å². The summed E-state index contributed by atoms with van der Waals surface area (Å²) >= 11 is 0. The molecule has 8 nitrogen and oxygen atoms in total. The molecule has 4 N–H and O–H groups in total. The highest BCUT2D eigenvalue weighted by Crippen LogP contribution is 2.02. The fourth-order valence-corrected chi connectivity index (χ4v) is 1.41. The summed E-state index contributed by atoms with van der Waals surface area (Å²) < 4.78 is 0. The summed E-state index contributed by atoms with van der Waals surface area (Å²) in [6, 6.07) is -0.562. The molecule has 0 spiro atoms. The number of nitrogens with zero attached hydrogens (tertiary/aromatic N) is 1. The van der Waals surface area contributed by atoms with Gasteiger partial charge in [-0.05, 0) is 13.3 Å². The van der Waals surface area contributed by atoms with E-state index >= 15 is 0 Å². The Morgan fingerprint density at radius 2 is 2.22 bits per heavy atom. The van der Waals surface area contributed by atoms with Crippen molar-refractivity contribution in [3.8, 4) is 0 Å². The highest BCUT2D eigenvalue weighted by Gasteiger charge is 2.31. The second-order valence-electron chi connectivity index (χ2n) is 4.36. The molecule has 0 aromatic heterocycles. The summed E-state index contributed by atoms with van der Waals surface area (Å²) in [7, 11) is 0. The van der Waals surface area contributed by atoms with Crippen LogP contribution in [0.4, 0.5) is 4.79 Å². The molecule has 102 valence electrons. The normalized spacial score (nSPS) is 19.4. The van der Waals surface area contributed by atoms with Crippen molar-refractivity contribution in [2.45, 2.75) is 18.9 Å². The molecule has 1 heterocycles. The summed E-state index contributed by atoms with van der Waals surface area (Å²) in [5.74, 6) is -1.68. The van der Waals surface area contributed by atoms with Gasteiger partial charge in [0.05, 0.1) is 6.54 Å². The van der Waals surface area contributed by atoms with E-state index in [1.807, 2.05) is 0 Å². The van der Waals surface area contributed by atoms with E-state index in [1.54, 1.807) is 0 Å². The minimum Gasteiger partial charge on any atom is -0.479 e. The molecule has 0 saturated carbocycles. The van der Waals surface area contributed by atoms with Crippen LogP contribution in [0.25, 0.3) is 0 Å². The number of hydrogen-bond donors (Lipinski definition) is 4. The Morgan fingerprint density at radius 1 is 1.56 bits per heavy atom. The first-order chi connectivity index (χ1) is 8.33. The van der Waals surface area contributed by atoms with Gasteiger partial charge in [0.1, 0.15) is 6.54 Å². The van der Waals surface area contributed by atoms with Gasteiger partial charge in [-0.25, -0.2) is 9.59 Å². The Balaban J connectivity index is 2.49. The first-order valence-corrected chi connectivity index (χ1v) is 5.58. The number of carbonyl (C=O) groups is 3. The Kier molecular flexibility index (Phi) is 4.49. The van der Waals surface area contributed by atoms with Crippen LogP contribution < -0.4 is 10.6 Å². The minimum absolute atomic E-state index is 0.0684. The summed E-state index contributed by atoms with van der Waals surface area (Å²) in [5, 5.41) is 23.0. The first-order valence-electron chi connectivity index (χ1n) is 5.58. The van der Waals surface area contributed by atoms with Crippen LogP contribution in [-0.4, -0.2) is 64.8 Å². The highest BCUT2D eigenvalue weighted by molar-refractivity contribution is 5.85. The molecule has 0 aromatic rings. The third kappa shape index (κ3) is 3.88. The molecular formula is C10H17N3O5. The summed E-state index contributed by atoms with van der Waals surface area (Å²) in [5.41, 5.74) is -2.02. The Bertz CT molecular complexity index is 355. The van der Waals surface area contributed by atoms with E-state index in [-0.39, 0.29) is 12.5 Å². The summed E-state index contributed by atoms with van der Waals surface area (Å²) in [6.07, 6.45) is 0.633. The first kappa shape index (κ1) is 14.2. The molecule has 0 aromatic carbocycles. The molecule has 1 rings (SSSR count). The van der Waals surface area contributed by atoms with Crippen molar-refractivity contribution in [1.82, 2.24) is 15.5 Å². The maximum absolute atomic E-state index is 11.7. The quantitative estimate of drug-likeness (QED) is 0.484. The lowest BCUT2D eigenvalue weighted by atomic mass is 10.1. The molecule has 1 aliphatic rings. The van der Waals surface area contributed by atoms with E-state index in [4.69, 9.17) is 5.11 Å². The molecule has 1 unspecified atom stereocenters. The number of rotatable bonds is 3. The number of amides is 3. The SMILES string of the molecule is CC(O)(CNC(=O)N1CCCNC(=O)C1)C(=O)O. The predicted octanol–water partition coefficient (Wildman–Crippen LogP) is -1.65. The van der Waals surface area contributed by atoms with Crippen LogP contribution in [0, 0.1) is 0 Å². The number of nitrogens with one attached hydrogen (secondary N) is 2. The van der Waals surface area contributed by atoms with Crippen molar-refractivity contribution in [3.05, 3.63) is 0 Å². The van der Waals surface area contributed by atoms with E-state index in [0.29, 0.717) is 19.5 Å². The van der Waals surface area contributed by atoms with Crippen molar-refractivity contribution in [2.75, 3.05) is 26.2 Å². The molecule has 3 amide bonds. The largest absolute Gasteiger partial charge is 0.479 e. The second kappa shape index (κ2) is 5.67. The molecule has 0 bridgehead atoms. The van der Waals surface area contributed by atoms with Crippen molar-refractivity contribution in [3.63, 3.8) is 0 Å². The molecule has 1 fully saturated rings. The molecule has 8 heteroatoms. The number of carboxylic acid groups (broad SMARTS) is 1. The van der Waals surface area contributed by atoms with Crippen molar-refractivity contribution >= 4 is 17.9 Å². The van der Waals surface area contributed by atoms with Crippen LogP contribution in [0.2, 0.25) is 0 Å². The minimum atomic E-state index is -2.02. The van der Waals surface area contributed by atoms with Crippen molar-refractivity contribution < 1.29 is 24.6 Å². The lowest BCUT2D eigenvalue weighted by Crippen LogP contribution is -2.51. The van der Waals surface area contributed by atoms with Gasteiger partial charge in [0.15, 0.2) is 5.60 Å². The smallest absolute Gasteiger partial charge is 0.337 e. The average molecular weight is 259 g/mol. The molecule has 0 radical (unpaired) electrons. The van der Waals surface area contributed by atoms with Crippen LogP contribution >= 0.6 is 0 Å². The van der Waals surface area contributed by atoms with E-state index in [0.717, 1.165) is 6.92 Å². The van der Waals surface area contributed by atoms with Crippen LogP contribution in [0.5, 0.6) is 0 Å². The standard InChI is InChI=1S/C10H17N3O5/c1-10(18,8(15)16)6-12-9(17)13-4-2-3-11-7(14)5-13/h18H,2-6H2,1H3,(H,11,14)(H,12,17)(H,15,16). The Labute approximate surface area is 104 Å². The summed E-state index contributed by atoms with van der Waals surface area (Å²) in [6.45, 7) is 1.51. The van der Waals surface area contributed by atoms with E-state index in [9.17, 15) is 19.5 Å². The van der Waals surface area contributed by atoms with Gasteiger partial charge < -0.3 is 25.7 Å². The second-order valence-corrected chi connectivity index (χ2v) is 4.36. The van der Waals surface area contributed by atoms with Gasteiger partial charge in [-0.3, -0.25) is 4.79 Å². The monoisotopic (exact) mass is 259 g/mol. The van der Waals surface area contributed by atoms with Gasteiger partial charge in [0.25, 0.3) is 0 Å². The predicted molar refractivity (Wildman–Crippen MR) is 60.9 cm³/mol. The zero-order chi connectivity index (χ0) is 13.8. The molecule has 1 aliphatic heterocycles. The van der Waals surface area contributed by atoms with E-state index in [2.05, 4.69) is 10.6 Å². The van der Waals surface area contributed by atoms with Gasteiger partial charge in [-0.15, -0.1) is 0 Å². The molecule has 0 aliphatic carbocycles. The number of carboxylic acids is 1. The van der Waals surface area contributed by atoms with E-state index in [1.165, 1.54) is 4.90 Å². The fraction of sp³-hybridized carbons (Fsp3) is 0.700. The lowest BCUT2D eigenvalue weighted by Gasteiger charge is -2.23. The number of carbonyl (C=O) groups excluding carboxylic acids is 2. The van der Waals surface area contributed by atoms with Gasteiger partial charge in [-0.2, -0.15) is 0 Å². The Hall–Kier alpha value is -1.83. The maximum Gasteiger partial charge on any atom is 0.337 e. The molecule has 18 heavy (non-hydrogen) atoms. The van der Waals surface area contributed by atoms with Crippen LogP contribution in [0.15, 0.2) is 0 Å². The van der Waals surface area contributed by atoms with E-state index < -0.39 is 24.1 Å². The van der Waals surface area contributed by atoms with Crippen LogP contribution in [0.3, 0.4) is 0 Å². The van der Waals surface area contributed by atoms with Crippen LogP contribution in [-0.2, 0) is 9.59 Å². The molecular weight excluding hydrogens is 242 g/mol. The topological polar surface area (TPSA) is 119 Å². The van der Waals surface area contributed by atoms with Crippen molar-refractivity contribution in [1.29, 1.82) is 0 Å². The average Bonchev–Trinajstić information content (AvgIpc) is 2.50. The van der Waals surface area contributed by atoms with Gasteiger partial charge in [-0.1, -0.05) is 0 Å².